The van der Waals surface area contributed by atoms with E-state index in [9.17, 15) is 0 Å². The molecule has 1 aliphatic heterocycles. The van der Waals surface area contributed by atoms with Gasteiger partial charge >= 0.3 is 0 Å². The van der Waals surface area contributed by atoms with Gasteiger partial charge in [0.1, 0.15) is 0 Å². The average Bonchev–Trinajstić information content (AvgIpc) is 2.22. The van der Waals surface area contributed by atoms with E-state index in [1.54, 1.807) is 0 Å². The lowest BCUT2D eigenvalue weighted by atomic mass is 10.5. The van der Waals surface area contributed by atoms with E-state index >= 15 is 0 Å². The summed E-state index contributed by atoms with van der Waals surface area (Å²) in [5, 5.41) is 0. The minimum atomic E-state index is 0.650. The zero-order valence-corrected chi connectivity index (χ0v) is 4.52. The zero-order valence-electron chi connectivity index (χ0n) is 4.52. The van der Waals surface area contributed by atoms with Crippen LogP contribution < -0.4 is 0 Å². The van der Waals surface area contributed by atoms with Gasteiger partial charge in [-0.3, -0.25) is 4.90 Å². The normalized spacial score (nSPS) is 36.7. The summed E-state index contributed by atoms with van der Waals surface area (Å²) in [5.41, 5.74) is 2.74. The second kappa shape index (κ2) is 1.53. The molecule has 1 aliphatic rings. The lowest BCUT2D eigenvalue weighted by Gasteiger charge is -1.78. The van der Waals surface area contributed by atoms with E-state index in [0.29, 0.717) is 6.04 Å². The van der Waals surface area contributed by atoms with Crippen LogP contribution in [-0.4, -0.2) is 24.5 Å². The minimum absolute atomic E-state index is 0.650. The Morgan fingerprint density at radius 3 is 2.71 bits per heavy atom. The van der Waals surface area contributed by atoms with Gasteiger partial charge in [0.2, 0.25) is 0 Å². The third kappa shape index (κ3) is 0.923. The summed E-state index contributed by atoms with van der Waals surface area (Å²) >= 11 is 0. The topological polar surface area (TPSA) is 3.01 Å². The fraction of sp³-hybridized carbons (Fsp3) is 0.500. The largest absolute Gasteiger partial charge is 0.296 e. The molecule has 0 bridgehead atoms. The fourth-order valence-electron chi connectivity index (χ4n) is 0.564. The highest BCUT2D eigenvalue weighted by Crippen LogP contribution is 2.12. The van der Waals surface area contributed by atoms with Gasteiger partial charge in [-0.1, -0.05) is 6.58 Å². The van der Waals surface area contributed by atoms with Crippen LogP contribution in [-0.2, 0) is 0 Å². The molecule has 0 spiro atoms. The molecule has 0 radical (unpaired) electrons. The number of hydrogen-bond acceptors (Lipinski definition) is 1. The van der Waals surface area contributed by atoms with Crippen molar-refractivity contribution in [2.45, 2.75) is 6.04 Å². The Morgan fingerprint density at radius 1 is 2.00 bits per heavy atom. The van der Waals surface area contributed by atoms with Crippen molar-refractivity contribution in [3.05, 3.63) is 18.4 Å². The van der Waals surface area contributed by atoms with Gasteiger partial charge < -0.3 is 0 Å². The molecular weight excluding hydrogens is 86.1 g/mol. The van der Waals surface area contributed by atoms with Crippen molar-refractivity contribution in [2.75, 3.05) is 13.6 Å². The third-order valence-corrected chi connectivity index (χ3v) is 1.22. The molecule has 1 unspecified atom stereocenters. The number of hydrogen-bond donors (Lipinski definition) is 0. The zero-order chi connectivity index (χ0) is 5.28. The van der Waals surface area contributed by atoms with Gasteiger partial charge in [0, 0.05) is 12.6 Å². The second-order valence-electron chi connectivity index (χ2n) is 1.88. The van der Waals surface area contributed by atoms with Gasteiger partial charge in [0.25, 0.3) is 0 Å². The van der Waals surface area contributed by atoms with Gasteiger partial charge in [-0.05, 0) is 13.1 Å². The molecule has 0 aromatic heterocycles. The third-order valence-electron chi connectivity index (χ3n) is 1.22. The molecule has 0 aliphatic carbocycles. The maximum atomic E-state index is 3.47. The van der Waals surface area contributed by atoms with Crippen LogP contribution in [0.1, 0.15) is 0 Å². The standard InChI is InChI=1S/C6H9N/c1-3-4-6-5-7(6)2/h4,6H,1,5H2,2H3/t6-,7?/m0/s1. The summed E-state index contributed by atoms with van der Waals surface area (Å²) in [4.78, 5) is 2.22. The molecule has 0 aromatic rings. The first-order chi connectivity index (χ1) is 3.34. The molecule has 1 heterocycles. The first kappa shape index (κ1) is 4.63. The molecule has 1 saturated heterocycles. The minimum Gasteiger partial charge on any atom is -0.296 e. The van der Waals surface area contributed by atoms with E-state index in [1.165, 1.54) is 6.54 Å². The Balaban J connectivity index is 2.34. The van der Waals surface area contributed by atoms with Crippen molar-refractivity contribution in [1.29, 1.82) is 0 Å². The first-order valence-electron chi connectivity index (χ1n) is 2.41. The predicted molar refractivity (Wildman–Crippen MR) is 30.1 cm³/mol. The van der Waals surface area contributed by atoms with Crippen LogP contribution in [0.25, 0.3) is 0 Å². The van der Waals surface area contributed by atoms with E-state index in [-0.39, 0.29) is 0 Å². The van der Waals surface area contributed by atoms with E-state index in [0.717, 1.165) is 0 Å². The molecule has 0 N–H and O–H groups in total. The highest BCUT2D eigenvalue weighted by atomic mass is 15.3. The van der Waals surface area contributed by atoms with Crippen molar-refractivity contribution < 1.29 is 0 Å². The summed E-state index contributed by atoms with van der Waals surface area (Å²) in [5.74, 6) is 0. The Morgan fingerprint density at radius 2 is 2.57 bits per heavy atom. The SMILES string of the molecule is C=C=C[C@H]1CN1C. The first-order valence-corrected chi connectivity index (χ1v) is 2.41. The molecule has 0 saturated carbocycles. The lowest BCUT2D eigenvalue weighted by Crippen LogP contribution is -1.86. The summed E-state index contributed by atoms with van der Waals surface area (Å²) in [6, 6.07) is 0.650. The van der Waals surface area contributed by atoms with Crippen molar-refractivity contribution in [3.63, 3.8) is 0 Å². The summed E-state index contributed by atoms with van der Waals surface area (Å²) in [6.07, 6.45) is 1.99. The van der Waals surface area contributed by atoms with Gasteiger partial charge in [-0.2, -0.15) is 0 Å². The van der Waals surface area contributed by atoms with Crippen LogP contribution in [0.3, 0.4) is 0 Å². The molecule has 1 fully saturated rings. The average molecular weight is 95.1 g/mol. The smallest absolute Gasteiger partial charge is 0.0477 e. The van der Waals surface area contributed by atoms with Gasteiger partial charge in [0.05, 0.1) is 0 Å². The number of likely N-dealkylation sites (N-methyl/N-ethyl adjacent to an activating group) is 1. The molecule has 7 heavy (non-hydrogen) atoms. The van der Waals surface area contributed by atoms with Gasteiger partial charge in [0.15, 0.2) is 0 Å². The van der Waals surface area contributed by atoms with Crippen LogP contribution in [0.5, 0.6) is 0 Å². The van der Waals surface area contributed by atoms with E-state index < -0.39 is 0 Å². The van der Waals surface area contributed by atoms with Gasteiger partial charge in [-0.15, -0.1) is 5.73 Å². The maximum Gasteiger partial charge on any atom is 0.0477 e. The van der Waals surface area contributed by atoms with Crippen LogP contribution >= 0.6 is 0 Å². The molecule has 0 aromatic carbocycles. The molecular formula is C6H9N. The highest BCUT2D eigenvalue weighted by Gasteiger charge is 2.25. The Hall–Kier alpha value is -0.520. The monoisotopic (exact) mass is 95.1 g/mol. The van der Waals surface area contributed by atoms with Crippen LogP contribution in [0.15, 0.2) is 18.4 Å². The molecule has 1 nitrogen and oxygen atoms in total. The molecule has 0 amide bonds. The van der Waals surface area contributed by atoms with Crippen molar-refractivity contribution in [1.82, 2.24) is 4.90 Å². The quantitative estimate of drug-likeness (QED) is 0.341. The van der Waals surface area contributed by atoms with E-state index in [4.69, 9.17) is 0 Å². The molecule has 1 rings (SSSR count). The van der Waals surface area contributed by atoms with E-state index in [2.05, 4.69) is 24.3 Å². The van der Waals surface area contributed by atoms with Crippen molar-refractivity contribution in [2.24, 2.45) is 0 Å². The van der Waals surface area contributed by atoms with E-state index in [1.807, 2.05) is 6.08 Å². The lowest BCUT2D eigenvalue weighted by molar-refractivity contribution is 0.660. The van der Waals surface area contributed by atoms with Crippen molar-refractivity contribution in [3.8, 4) is 0 Å². The highest BCUT2D eigenvalue weighted by molar-refractivity contribution is 5.02. The Kier molecular flexibility index (Phi) is 1.01. The van der Waals surface area contributed by atoms with Gasteiger partial charge in [-0.25, -0.2) is 0 Å². The number of nitrogens with zero attached hydrogens (tertiary/aromatic N) is 1. The number of rotatable bonds is 1. The van der Waals surface area contributed by atoms with Crippen LogP contribution in [0.4, 0.5) is 0 Å². The summed E-state index contributed by atoms with van der Waals surface area (Å²) in [6.45, 7) is 4.65. The van der Waals surface area contributed by atoms with Crippen LogP contribution in [0.2, 0.25) is 0 Å². The predicted octanol–water partition coefficient (Wildman–Crippen LogP) is 0.641. The summed E-state index contributed by atoms with van der Waals surface area (Å²) < 4.78 is 0. The maximum absolute atomic E-state index is 3.47. The van der Waals surface area contributed by atoms with Crippen LogP contribution in [0, 0.1) is 0 Å². The second-order valence-corrected chi connectivity index (χ2v) is 1.88. The molecule has 2 atom stereocenters. The fourth-order valence-corrected chi connectivity index (χ4v) is 0.564. The molecule has 1 heteroatoms. The summed E-state index contributed by atoms with van der Waals surface area (Å²) in [7, 11) is 2.08. The van der Waals surface area contributed by atoms with Crippen molar-refractivity contribution >= 4 is 0 Å². The Labute approximate surface area is 43.9 Å². The Bertz CT molecular complexity index is 111. The molecule has 38 valence electrons.